The Bertz CT molecular complexity index is 812. The average molecular weight is 433 g/mol. The van der Waals surface area contributed by atoms with Crippen LogP contribution in [0.4, 0.5) is 5.13 Å². The lowest BCUT2D eigenvalue weighted by Crippen LogP contribution is -2.25. The SMILES string of the molecule is CCC(SC1=NCCS1)C(=O)Nc1nnc(-c2ccc(Cl)cc2Cl)s1. The number of thioether (sulfide) groups is 2. The first-order valence-corrected chi connectivity index (χ1v) is 10.9. The molecule has 132 valence electrons. The smallest absolute Gasteiger partial charge is 0.239 e. The molecule has 1 amide bonds. The van der Waals surface area contributed by atoms with Gasteiger partial charge in [-0.25, -0.2) is 0 Å². The van der Waals surface area contributed by atoms with Gasteiger partial charge in [-0.15, -0.1) is 10.2 Å². The summed E-state index contributed by atoms with van der Waals surface area (Å²) in [4.78, 5) is 16.9. The van der Waals surface area contributed by atoms with Crippen LogP contribution in [0.5, 0.6) is 0 Å². The van der Waals surface area contributed by atoms with Crippen molar-refractivity contribution in [2.24, 2.45) is 4.99 Å². The van der Waals surface area contributed by atoms with Gasteiger partial charge in [0.05, 0.1) is 16.8 Å². The fraction of sp³-hybridized carbons (Fsp3) is 0.333. The van der Waals surface area contributed by atoms with Gasteiger partial charge in [0, 0.05) is 16.3 Å². The Kier molecular flexibility index (Phi) is 6.62. The van der Waals surface area contributed by atoms with Gasteiger partial charge >= 0.3 is 0 Å². The van der Waals surface area contributed by atoms with Crippen molar-refractivity contribution in [2.75, 3.05) is 17.6 Å². The highest BCUT2D eigenvalue weighted by atomic mass is 35.5. The summed E-state index contributed by atoms with van der Waals surface area (Å²) in [6.07, 6.45) is 0.713. The number of nitrogens with one attached hydrogen (secondary N) is 1. The van der Waals surface area contributed by atoms with Crippen LogP contribution in [0.3, 0.4) is 0 Å². The molecule has 2 aromatic rings. The number of hydrogen-bond donors (Lipinski definition) is 1. The summed E-state index contributed by atoms with van der Waals surface area (Å²) < 4.78 is 0.980. The van der Waals surface area contributed by atoms with Gasteiger partial charge in [0.25, 0.3) is 0 Å². The number of halogens is 2. The third-order valence-electron chi connectivity index (χ3n) is 3.28. The van der Waals surface area contributed by atoms with E-state index in [0.717, 1.165) is 22.2 Å². The molecule has 0 radical (unpaired) electrons. The maximum absolute atomic E-state index is 12.5. The van der Waals surface area contributed by atoms with Gasteiger partial charge in [-0.2, -0.15) is 0 Å². The Labute approximate surface area is 168 Å². The van der Waals surface area contributed by atoms with Gasteiger partial charge < -0.3 is 0 Å². The van der Waals surface area contributed by atoms with E-state index in [0.29, 0.717) is 26.6 Å². The fourth-order valence-electron chi connectivity index (χ4n) is 2.06. The zero-order valence-electron chi connectivity index (χ0n) is 13.2. The van der Waals surface area contributed by atoms with Crippen molar-refractivity contribution in [1.29, 1.82) is 0 Å². The monoisotopic (exact) mass is 432 g/mol. The molecule has 1 aliphatic rings. The van der Waals surface area contributed by atoms with Gasteiger partial charge in [0.15, 0.2) is 5.01 Å². The van der Waals surface area contributed by atoms with Gasteiger partial charge in [0.1, 0.15) is 4.38 Å². The Balaban J connectivity index is 1.68. The standard InChI is InChI=1S/C15H14Cl2N4OS3/c1-2-11(24-15-18-5-6-23-15)12(22)19-14-21-20-13(25-14)9-4-3-8(16)7-10(9)17/h3-4,7,11H,2,5-6H2,1H3,(H,19,21,22). The van der Waals surface area contributed by atoms with Crippen LogP contribution in [-0.4, -0.2) is 38.0 Å². The van der Waals surface area contributed by atoms with Gasteiger partial charge in [-0.05, 0) is 24.6 Å². The first-order chi connectivity index (χ1) is 12.1. The van der Waals surface area contributed by atoms with E-state index in [-0.39, 0.29) is 11.2 Å². The van der Waals surface area contributed by atoms with Crippen LogP contribution >= 0.6 is 58.1 Å². The highest BCUT2D eigenvalue weighted by Gasteiger charge is 2.23. The molecule has 5 nitrogen and oxygen atoms in total. The third-order valence-corrected chi connectivity index (χ3v) is 7.27. The summed E-state index contributed by atoms with van der Waals surface area (Å²) in [7, 11) is 0. The maximum Gasteiger partial charge on any atom is 0.239 e. The van der Waals surface area contributed by atoms with Crippen LogP contribution in [0.15, 0.2) is 23.2 Å². The second-order valence-electron chi connectivity index (χ2n) is 5.04. The van der Waals surface area contributed by atoms with Crippen LogP contribution in [0.1, 0.15) is 13.3 Å². The summed E-state index contributed by atoms with van der Waals surface area (Å²) in [5, 5.41) is 12.9. The molecule has 0 bridgehead atoms. The number of rotatable bonds is 5. The molecule has 1 N–H and O–H groups in total. The molecule has 2 heterocycles. The minimum atomic E-state index is -0.198. The molecule has 25 heavy (non-hydrogen) atoms. The number of nitrogens with zero attached hydrogens (tertiary/aromatic N) is 3. The molecule has 10 heteroatoms. The van der Waals surface area contributed by atoms with Crippen LogP contribution in [-0.2, 0) is 4.79 Å². The predicted molar refractivity (Wildman–Crippen MR) is 110 cm³/mol. The van der Waals surface area contributed by atoms with E-state index in [1.807, 2.05) is 6.92 Å². The van der Waals surface area contributed by atoms with E-state index in [1.165, 1.54) is 23.1 Å². The summed E-state index contributed by atoms with van der Waals surface area (Å²) in [6.45, 7) is 2.81. The minimum Gasteiger partial charge on any atom is -0.300 e. The van der Waals surface area contributed by atoms with Crippen LogP contribution in [0.2, 0.25) is 10.0 Å². The fourth-order valence-corrected chi connectivity index (χ4v) is 5.55. The van der Waals surface area contributed by atoms with E-state index in [1.54, 1.807) is 30.0 Å². The van der Waals surface area contributed by atoms with Crippen molar-refractivity contribution in [3.05, 3.63) is 28.2 Å². The molecule has 1 atom stereocenters. The van der Waals surface area contributed by atoms with Gasteiger partial charge in [0.2, 0.25) is 11.0 Å². The van der Waals surface area contributed by atoms with Crippen molar-refractivity contribution in [3.63, 3.8) is 0 Å². The molecule has 0 aliphatic carbocycles. The number of aromatic nitrogens is 2. The first kappa shape index (κ1) is 19.0. The summed E-state index contributed by atoms with van der Waals surface area (Å²) >= 11 is 16.6. The largest absolute Gasteiger partial charge is 0.300 e. The van der Waals surface area contributed by atoms with E-state index < -0.39 is 0 Å². The zero-order valence-corrected chi connectivity index (χ0v) is 17.1. The molecule has 3 rings (SSSR count). The maximum atomic E-state index is 12.5. The number of anilines is 1. The van der Waals surface area contributed by atoms with Crippen molar-refractivity contribution in [3.8, 4) is 10.6 Å². The van der Waals surface area contributed by atoms with Crippen molar-refractivity contribution in [2.45, 2.75) is 18.6 Å². The molecule has 0 fully saturated rings. The van der Waals surface area contributed by atoms with Crippen LogP contribution in [0, 0.1) is 0 Å². The normalized spacial score (nSPS) is 15.1. The minimum absolute atomic E-state index is 0.0902. The predicted octanol–water partition coefficient (Wildman–Crippen LogP) is 5.07. The number of carbonyl (C=O) groups is 1. The number of carbonyl (C=O) groups excluding carboxylic acids is 1. The Morgan fingerprint density at radius 2 is 2.24 bits per heavy atom. The number of benzene rings is 1. The van der Waals surface area contributed by atoms with E-state index in [9.17, 15) is 4.79 Å². The lowest BCUT2D eigenvalue weighted by molar-refractivity contribution is -0.115. The molecule has 0 saturated carbocycles. The van der Waals surface area contributed by atoms with Gasteiger partial charge in [-0.3, -0.25) is 15.1 Å². The quantitative estimate of drug-likeness (QED) is 0.714. The van der Waals surface area contributed by atoms with Crippen LogP contribution < -0.4 is 5.32 Å². The molecule has 0 spiro atoms. The van der Waals surface area contributed by atoms with Gasteiger partial charge in [-0.1, -0.05) is 65.0 Å². The summed E-state index contributed by atoms with van der Waals surface area (Å²) in [5.74, 6) is 0.898. The van der Waals surface area contributed by atoms with Crippen LogP contribution in [0.25, 0.3) is 10.6 Å². The van der Waals surface area contributed by atoms with Crippen molar-refractivity contribution in [1.82, 2.24) is 10.2 Å². The average Bonchev–Trinajstić information content (AvgIpc) is 3.24. The lowest BCUT2D eigenvalue weighted by atomic mass is 10.2. The third kappa shape index (κ3) is 4.89. The number of hydrogen-bond acceptors (Lipinski definition) is 7. The number of amides is 1. The Hall–Kier alpha value is -0.800. The molecule has 1 unspecified atom stereocenters. The summed E-state index contributed by atoms with van der Waals surface area (Å²) in [6, 6.07) is 5.19. The molecular formula is C15H14Cl2N4OS3. The second-order valence-corrected chi connectivity index (χ2v) is 9.39. The second kappa shape index (κ2) is 8.73. The van der Waals surface area contributed by atoms with E-state index >= 15 is 0 Å². The summed E-state index contributed by atoms with van der Waals surface area (Å²) in [5.41, 5.74) is 0.738. The Morgan fingerprint density at radius 1 is 1.40 bits per heavy atom. The molecule has 1 aliphatic heterocycles. The molecular weight excluding hydrogens is 419 g/mol. The highest BCUT2D eigenvalue weighted by molar-refractivity contribution is 8.39. The molecule has 1 aromatic heterocycles. The topological polar surface area (TPSA) is 67.2 Å². The molecule has 0 saturated heterocycles. The van der Waals surface area contributed by atoms with Crippen molar-refractivity contribution < 1.29 is 4.79 Å². The zero-order chi connectivity index (χ0) is 17.8. The van der Waals surface area contributed by atoms with E-state index in [4.69, 9.17) is 23.2 Å². The highest BCUT2D eigenvalue weighted by Crippen LogP contribution is 2.34. The van der Waals surface area contributed by atoms with Crippen molar-refractivity contribution >= 4 is 73.5 Å². The molecule has 1 aromatic carbocycles. The lowest BCUT2D eigenvalue weighted by Gasteiger charge is -2.12. The Morgan fingerprint density at radius 3 is 2.92 bits per heavy atom. The number of aliphatic imine (C=N–C) groups is 1. The first-order valence-electron chi connectivity index (χ1n) is 7.50. The van der Waals surface area contributed by atoms with E-state index in [2.05, 4.69) is 20.5 Å².